The lowest BCUT2D eigenvalue weighted by atomic mass is 10.0. The van der Waals surface area contributed by atoms with E-state index in [4.69, 9.17) is 4.74 Å². The molecule has 0 aromatic heterocycles. The van der Waals surface area contributed by atoms with E-state index < -0.39 is 0 Å². The second-order valence-corrected chi connectivity index (χ2v) is 5.11. The Kier molecular flexibility index (Phi) is 7.51. The number of amides is 1. The summed E-state index contributed by atoms with van der Waals surface area (Å²) < 4.78 is 5.19. The molecule has 2 rings (SSSR count). The summed E-state index contributed by atoms with van der Waals surface area (Å²) in [6.07, 6.45) is 4.82. The van der Waals surface area contributed by atoms with Crippen molar-refractivity contribution in [2.75, 3.05) is 13.7 Å². The highest BCUT2D eigenvalue weighted by Gasteiger charge is 2.28. The van der Waals surface area contributed by atoms with Crippen LogP contribution in [0.4, 0.5) is 0 Å². The van der Waals surface area contributed by atoms with Gasteiger partial charge in [-0.25, -0.2) is 0 Å². The maximum absolute atomic E-state index is 12.4. The Morgan fingerprint density at radius 2 is 2.00 bits per heavy atom. The zero-order valence-electron chi connectivity index (χ0n) is 13.2. The third kappa shape index (κ3) is 4.59. The lowest BCUT2D eigenvalue weighted by molar-refractivity contribution is -0.112. The topological polar surface area (TPSA) is 46.6 Å². The van der Waals surface area contributed by atoms with Gasteiger partial charge >= 0.3 is 0 Å². The van der Waals surface area contributed by atoms with Crippen LogP contribution in [0.1, 0.15) is 49.9 Å². The molecule has 1 aromatic carbocycles. The average molecular weight is 291 g/mol. The van der Waals surface area contributed by atoms with Crippen LogP contribution in [0.3, 0.4) is 0 Å². The summed E-state index contributed by atoms with van der Waals surface area (Å²) in [6.45, 7) is 4.89. The standard InChI is InChI=1S/C14H17NO3.C3H8/c1-18-13-8-3-2-7-12(13)14(17)15-9-5-4-6-11(15)10-16;1-3-2/h2-3,7-8,10-11H,4-6,9H2,1H3;3H2,1-2H3/t11-;/m0./s1. The molecule has 1 aromatic rings. The van der Waals surface area contributed by atoms with E-state index in [2.05, 4.69) is 13.8 Å². The van der Waals surface area contributed by atoms with Gasteiger partial charge in [0.1, 0.15) is 12.0 Å². The fourth-order valence-electron chi connectivity index (χ4n) is 2.33. The number of nitrogens with zero attached hydrogens (tertiary/aromatic N) is 1. The molecule has 1 saturated heterocycles. The number of para-hydroxylation sites is 1. The Bertz CT molecular complexity index is 459. The number of aldehydes is 1. The van der Waals surface area contributed by atoms with Crippen LogP contribution < -0.4 is 4.74 Å². The number of rotatable bonds is 3. The van der Waals surface area contributed by atoms with Gasteiger partial charge in [-0.05, 0) is 31.4 Å². The quantitative estimate of drug-likeness (QED) is 0.803. The molecular formula is C17H25NO3. The van der Waals surface area contributed by atoms with Gasteiger partial charge in [0.2, 0.25) is 0 Å². The number of carbonyl (C=O) groups excluding carboxylic acids is 2. The third-order valence-corrected chi connectivity index (χ3v) is 3.30. The van der Waals surface area contributed by atoms with Gasteiger partial charge in [-0.1, -0.05) is 32.4 Å². The Hall–Kier alpha value is -1.84. The number of ether oxygens (including phenoxy) is 1. The van der Waals surface area contributed by atoms with Crippen LogP contribution in [-0.2, 0) is 4.79 Å². The molecule has 4 heteroatoms. The van der Waals surface area contributed by atoms with Gasteiger partial charge in [0, 0.05) is 6.54 Å². The molecule has 21 heavy (non-hydrogen) atoms. The molecule has 0 spiro atoms. The Labute approximate surface area is 127 Å². The van der Waals surface area contributed by atoms with E-state index in [0.29, 0.717) is 17.9 Å². The van der Waals surface area contributed by atoms with E-state index >= 15 is 0 Å². The summed E-state index contributed by atoms with van der Waals surface area (Å²) in [5.74, 6) is 0.432. The molecule has 1 aliphatic heterocycles. The first-order chi connectivity index (χ1) is 10.2. The lowest BCUT2D eigenvalue weighted by Gasteiger charge is -2.32. The van der Waals surface area contributed by atoms with Gasteiger partial charge in [0.05, 0.1) is 18.7 Å². The summed E-state index contributed by atoms with van der Waals surface area (Å²) in [7, 11) is 1.54. The first kappa shape index (κ1) is 17.2. The largest absolute Gasteiger partial charge is 0.496 e. The average Bonchev–Trinajstić information content (AvgIpc) is 2.54. The molecule has 1 heterocycles. The number of benzene rings is 1. The van der Waals surface area contributed by atoms with Crippen molar-refractivity contribution >= 4 is 12.2 Å². The van der Waals surface area contributed by atoms with Crippen LogP contribution in [0.25, 0.3) is 0 Å². The fourth-order valence-corrected chi connectivity index (χ4v) is 2.33. The van der Waals surface area contributed by atoms with E-state index in [1.54, 1.807) is 30.2 Å². The molecule has 4 nitrogen and oxygen atoms in total. The molecule has 1 atom stereocenters. The molecule has 0 bridgehead atoms. The molecule has 1 fully saturated rings. The maximum Gasteiger partial charge on any atom is 0.258 e. The van der Waals surface area contributed by atoms with Crippen LogP contribution in [0.5, 0.6) is 5.75 Å². The number of piperidine rings is 1. The minimum absolute atomic E-state index is 0.121. The second kappa shape index (κ2) is 9.16. The highest BCUT2D eigenvalue weighted by molar-refractivity contribution is 5.98. The molecule has 0 aliphatic carbocycles. The number of likely N-dealkylation sites (tertiary alicyclic amines) is 1. The van der Waals surface area contributed by atoms with Gasteiger partial charge in [0.25, 0.3) is 5.91 Å². The van der Waals surface area contributed by atoms with Crippen LogP contribution in [0.15, 0.2) is 24.3 Å². The summed E-state index contributed by atoms with van der Waals surface area (Å²) in [5, 5.41) is 0. The summed E-state index contributed by atoms with van der Waals surface area (Å²) in [5.41, 5.74) is 0.522. The van der Waals surface area contributed by atoms with E-state index in [9.17, 15) is 9.59 Å². The van der Waals surface area contributed by atoms with Crippen molar-refractivity contribution in [1.29, 1.82) is 0 Å². The zero-order chi connectivity index (χ0) is 15.7. The summed E-state index contributed by atoms with van der Waals surface area (Å²) in [4.78, 5) is 25.1. The van der Waals surface area contributed by atoms with Crippen molar-refractivity contribution in [3.8, 4) is 5.75 Å². The zero-order valence-corrected chi connectivity index (χ0v) is 13.2. The van der Waals surface area contributed by atoms with Crippen LogP contribution in [-0.4, -0.2) is 36.8 Å². The van der Waals surface area contributed by atoms with Gasteiger partial charge in [-0.3, -0.25) is 4.79 Å². The van der Waals surface area contributed by atoms with E-state index in [0.717, 1.165) is 25.5 Å². The van der Waals surface area contributed by atoms with Crippen molar-refractivity contribution in [2.45, 2.75) is 45.6 Å². The van der Waals surface area contributed by atoms with E-state index in [1.165, 1.54) is 6.42 Å². The Morgan fingerprint density at radius 1 is 1.33 bits per heavy atom. The van der Waals surface area contributed by atoms with Gasteiger partial charge in [-0.15, -0.1) is 0 Å². The number of hydrogen-bond acceptors (Lipinski definition) is 3. The molecule has 0 N–H and O–H groups in total. The van der Waals surface area contributed by atoms with Gasteiger partial charge in [-0.2, -0.15) is 0 Å². The number of hydrogen-bond donors (Lipinski definition) is 0. The summed E-state index contributed by atoms with van der Waals surface area (Å²) in [6, 6.07) is 6.82. The first-order valence-corrected chi connectivity index (χ1v) is 7.58. The minimum atomic E-state index is -0.295. The highest BCUT2D eigenvalue weighted by atomic mass is 16.5. The predicted octanol–water partition coefficient (Wildman–Crippen LogP) is 3.31. The van der Waals surface area contributed by atoms with E-state index in [1.807, 2.05) is 6.07 Å². The highest BCUT2D eigenvalue weighted by Crippen LogP contribution is 2.23. The van der Waals surface area contributed by atoms with Gasteiger partial charge in [0.15, 0.2) is 0 Å². The van der Waals surface area contributed by atoms with E-state index in [-0.39, 0.29) is 11.9 Å². The molecule has 0 saturated carbocycles. The van der Waals surface area contributed by atoms with Crippen molar-refractivity contribution in [1.82, 2.24) is 4.90 Å². The maximum atomic E-state index is 12.4. The molecule has 0 unspecified atom stereocenters. The molecule has 0 radical (unpaired) electrons. The first-order valence-electron chi connectivity index (χ1n) is 7.58. The van der Waals surface area contributed by atoms with Crippen LogP contribution in [0.2, 0.25) is 0 Å². The van der Waals surface area contributed by atoms with Crippen molar-refractivity contribution in [3.05, 3.63) is 29.8 Å². The minimum Gasteiger partial charge on any atom is -0.496 e. The summed E-state index contributed by atoms with van der Waals surface area (Å²) >= 11 is 0. The molecule has 116 valence electrons. The monoisotopic (exact) mass is 291 g/mol. The van der Waals surface area contributed by atoms with Crippen molar-refractivity contribution in [2.24, 2.45) is 0 Å². The van der Waals surface area contributed by atoms with Crippen molar-refractivity contribution < 1.29 is 14.3 Å². The Balaban J connectivity index is 0.000000677. The molecule has 1 amide bonds. The molecule has 1 aliphatic rings. The normalized spacial score (nSPS) is 17.5. The van der Waals surface area contributed by atoms with Crippen LogP contribution >= 0.6 is 0 Å². The Morgan fingerprint density at radius 3 is 2.62 bits per heavy atom. The SMILES string of the molecule is CCC.COc1ccccc1C(=O)N1CCCC[C@H]1C=O. The smallest absolute Gasteiger partial charge is 0.258 e. The van der Waals surface area contributed by atoms with Crippen LogP contribution in [0, 0.1) is 0 Å². The molecular weight excluding hydrogens is 266 g/mol. The fraction of sp³-hybridized carbons (Fsp3) is 0.529. The second-order valence-electron chi connectivity index (χ2n) is 5.11. The predicted molar refractivity (Wildman–Crippen MR) is 83.7 cm³/mol. The van der Waals surface area contributed by atoms with Gasteiger partial charge < -0.3 is 14.4 Å². The lowest BCUT2D eigenvalue weighted by Crippen LogP contribution is -2.44. The third-order valence-electron chi connectivity index (χ3n) is 3.30. The van der Waals surface area contributed by atoms with Crippen molar-refractivity contribution in [3.63, 3.8) is 0 Å². The number of carbonyl (C=O) groups is 2. The number of methoxy groups -OCH3 is 1.